The Hall–Kier alpha value is -1.87. The minimum atomic E-state index is 0.0987. The first-order valence-corrected chi connectivity index (χ1v) is 6.74. The van der Waals surface area contributed by atoms with Crippen LogP contribution in [0.3, 0.4) is 0 Å². The van der Waals surface area contributed by atoms with E-state index in [2.05, 4.69) is 35.6 Å². The lowest BCUT2D eigenvalue weighted by molar-refractivity contribution is -0.121. The minimum absolute atomic E-state index is 0.0987. The van der Waals surface area contributed by atoms with Crippen molar-refractivity contribution in [3.63, 3.8) is 0 Å². The summed E-state index contributed by atoms with van der Waals surface area (Å²) in [6.45, 7) is 1.29. The Labute approximate surface area is 113 Å². The molecule has 2 rings (SSSR count). The summed E-state index contributed by atoms with van der Waals surface area (Å²) in [6.07, 6.45) is 2.14. The van der Waals surface area contributed by atoms with Crippen LogP contribution in [0.15, 0.2) is 42.5 Å². The van der Waals surface area contributed by atoms with E-state index in [-0.39, 0.29) is 5.91 Å². The molecule has 1 amide bonds. The van der Waals surface area contributed by atoms with Crippen LogP contribution < -0.4 is 11.1 Å². The maximum Gasteiger partial charge on any atom is 0.220 e. The monoisotopic (exact) mass is 256 g/mol. The molecular weight excluding hydrogens is 236 g/mol. The van der Waals surface area contributed by atoms with Crippen molar-refractivity contribution in [2.75, 3.05) is 13.1 Å². The molecule has 2 aromatic rings. The number of hydrogen-bond acceptors (Lipinski definition) is 2. The highest BCUT2D eigenvalue weighted by Gasteiger charge is 2.02. The fourth-order valence-corrected chi connectivity index (χ4v) is 2.07. The van der Waals surface area contributed by atoms with Crippen molar-refractivity contribution in [1.29, 1.82) is 0 Å². The minimum Gasteiger partial charge on any atom is -0.356 e. The quantitative estimate of drug-likeness (QED) is 0.779. The lowest BCUT2D eigenvalue weighted by atomic mass is 10.0. The van der Waals surface area contributed by atoms with Gasteiger partial charge in [-0.1, -0.05) is 42.5 Å². The largest absolute Gasteiger partial charge is 0.356 e. The highest BCUT2D eigenvalue weighted by atomic mass is 16.1. The number of amides is 1. The number of nitrogens with one attached hydrogen (secondary N) is 1. The van der Waals surface area contributed by atoms with Crippen LogP contribution in [0.2, 0.25) is 0 Å². The van der Waals surface area contributed by atoms with E-state index < -0.39 is 0 Å². The topological polar surface area (TPSA) is 55.1 Å². The van der Waals surface area contributed by atoms with Crippen LogP contribution in [0.5, 0.6) is 0 Å². The predicted octanol–water partition coefficient (Wildman–Crippen LogP) is 2.24. The van der Waals surface area contributed by atoms with Crippen molar-refractivity contribution < 1.29 is 4.79 Å². The van der Waals surface area contributed by atoms with Crippen LogP contribution in [0.1, 0.15) is 18.4 Å². The van der Waals surface area contributed by atoms with E-state index in [4.69, 9.17) is 5.73 Å². The van der Waals surface area contributed by atoms with Crippen LogP contribution in [0, 0.1) is 0 Å². The smallest absolute Gasteiger partial charge is 0.220 e. The first kappa shape index (κ1) is 13.6. The summed E-state index contributed by atoms with van der Waals surface area (Å²) >= 11 is 0. The van der Waals surface area contributed by atoms with Gasteiger partial charge in [-0.25, -0.2) is 0 Å². The Morgan fingerprint density at radius 1 is 1.11 bits per heavy atom. The molecule has 0 fully saturated rings. The van der Waals surface area contributed by atoms with E-state index in [1.807, 2.05) is 12.1 Å². The second kappa shape index (κ2) is 6.90. The van der Waals surface area contributed by atoms with Crippen LogP contribution in [0.4, 0.5) is 0 Å². The van der Waals surface area contributed by atoms with Crippen LogP contribution >= 0.6 is 0 Å². The van der Waals surface area contributed by atoms with E-state index in [1.165, 1.54) is 16.3 Å². The lowest BCUT2D eigenvalue weighted by Gasteiger charge is -2.05. The third-order valence-electron chi connectivity index (χ3n) is 3.16. The molecule has 19 heavy (non-hydrogen) atoms. The van der Waals surface area contributed by atoms with Crippen LogP contribution in [-0.2, 0) is 11.2 Å². The van der Waals surface area contributed by atoms with Gasteiger partial charge in [0.1, 0.15) is 0 Å². The molecule has 0 bridgehead atoms. The maximum atomic E-state index is 11.6. The molecule has 0 radical (unpaired) electrons. The number of rotatable bonds is 6. The zero-order valence-electron chi connectivity index (χ0n) is 11.1. The predicted molar refractivity (Wildman–Crippen MR) is 79.0 cm³/mol. The van der Waals surface area contributed by atoms with Crippen molar-refractivity contribution in [3.05, 3.63) is 48.0 Å². The number of hydrogen-bond donors (Lipinski definition) is 2. The van der Waals surface area contributed by atoms with Gasteiger partial charge in [-0.2, -0.15) is 0 Å². The summed E-state index contributed by atoms with van der Waals surface area (Å²) in [4.78, 5) is 11.6. The standard InChI is InChI=1S/C16H20N2O/c17-10-3-11-18-16(19)9-7-13-6-8-14-4-1-2-5-15(14)12-13/h1-2,4-6,8,12H,3,7,9-11,17H2,(H,18,19). The molecular formula is C16H20N2O. The number of benzene rings is 2. The first-order valence-electron chi connectivity index (χ1n) is 6.74. The van der Waals surface area contributed by atoms with E-state index in [0.717, 1.165) is 12.8 Å². The van der Waals surface area contributed by atoms with E-state index in [1.54, 1.807) is 0 Å². The van der Waals surface area contributed by atoms with Gasteiger partial charge in [0, 0.05) is 13.0 Å². The van der Waals surface area contributed by atoms with Gasteiger partial charge >= 0.3 is 0 Å². The van der Waals surface area contributed by atoms with Crippen LogP contribution in [0.25, 0.3) is 10.8 Å². The van der Waals surface area contributed by atoms with Gasteiger partial charge in [0.05, 0.1) is 0 Å². The Bertz CT molecular complexity index is 551. The second-order valence-electron chi connectivity index (χ2n) is 4.67. The van der Waals surface area contributed by atoms with Gasteiger partial charge in [0.15, 0.2) is 0 Å². The zero-order valence-corrected chi connectivity index (χ0v) is 11.1. The van der Waals surface area contributed by atoms with Gasteiger partial charge in [-0.3, -0.25) is 4.79 Å². The fourth-order valence-electron chi connectivity index (χ4n) is 2.07. The molecule has 0 aliphatic carbocycles. The van der Waals surface area contributed by atoms with Crippen molar-refractivity contribution in [1.82, 2.24) is 5.32 Å². The number of carbonyl (C=O) groups is 1. The number of fused-ring (bicyclic) bond motifs is 1. The molecule has 0 saturated heterocycles. The van der Waals surface area contributed by atoms with Crippen molar-refractivity contribution in [2.45, 2.75) is 19.3 Å². The lowest BCUT2D eigenvalue weighted by Crippen LogP contribution is -2.26. The third-order valence-corrected chi connectivity index (χ3v) is 3.16. The van der Waals surface area contributed by atoms with Gasteiger partial charge in [0.25, 0.3) is 0 Å². The van der Waals surface area contributed by atoms with E-state index in [0.29, 0.717) is 19.5 Å². The highest BCUT2D eigenvalue weighted by Crippen LogP contribution is 2.16. The van der Waals surface area contributed by atoms with Gasteiger partial charge in [-0.15, -0.1) is 0 Å². The maximum absolute atomic E-state index is 11.6. The third kappa shape index (κ3) is 4.07. The SMILES string of the molecule is NCCCNC(=O)CCc1ccc2ccccc2c1. The van der Waals surface area contributed by atoms with E-state index >= 15 is 0 Å². The average molecular weight is 256 g/mol. The van der Waals surface area contributed by atoms with Crippen LogP contribution in [-0.4, -0.2) is 19.0 Å². The molecule has 3 heteroatoms. The summed E-state index contributed by atoms with van der Waals surface area (Å²) in [5.74, 6) is 0.0987. The molecule has 0 unspecified atom stereocenters. The first-order chi connectivity index (χ1) is 9.29. The second-order valence-corrected chi connectivity index (χ2v) is 4.67. The van der Waals surface area contributed by atoms with Gasteiger partial charge in [-0.05, 0) is 35.7 Å². The Kier molecular flexibility index (Phi) is 4.93. The van der Waals surface area contributed by atoms with Gasteiger partial charge in [0.2, 0.25) is 5.91 Å². The summed E-state index contributed by atoms with van der Waals surface area (Å²) in [5.41, 5.74) is 6.58. The molecule has 2 aromatic carbocycles. The number of aryl methyl sites for hydroxylation is 1. The molecule has 0 spiro atoms. The summed E-state index contributed by atoms with van der Waals surface area (Å²) in [6, 6.07) is 14.6. The average Bonchev–Trinajstić information content (AvgIpc) is 2.45. The molecule has 100 valence electrons. The molecule has 0 saturated carbocycles. The molecule has 0 atom stereocenters. The summed E-state index contributed by atoms with van der Waals surface area (Å²) < 4.78 is 0. The fraction of sp³-hybridized carbons (Fsp3) is 0.312. The Balaban J connectivity index is 1.89. The zero-order chi connectivity index (χ0) is 13.5. The summed E-state index contributed by atoms with van der Waals surface area (Å²) in [7, 11) is 0. The Morgan fingerprint density at radius 3 is 2.68 bits per heavy atom. The molecule has 0 aliphatic rings. The molecule has 3 nitrogen and oxygen atoms in total. The molecule has 0 heterocycles. The normalized spacial score (nSPS) is 10.6. The Morgan fingerprint density at radius 2 is 1.89 bits per heavy atom. The van der Waals surface area contributed by atoms with E-state index in [9.17, 15) is 4.79 Å². The van der Waals surface area contributed by atoms with Gasteiger partial charge < -0.3 is 11.1 Å². The number of nitrogens with two attached hydrogens (primary N) is 1. The number of carbonyl (C=O) groups excluding carboxylic acids is 1. The van der Waals surface area contributed by atoms with Crippen molar-refractivity contribution in [3.8, 4) is 0 Å². The summed E-state index contributed by atoms with van der Waals surface area (Å²) in [5, 5.41) is 5.33. The van der Waals surface area contributed by atoms with Crippen molar-refractivity contribution >= 4 is 16.7 Å². The molecule has 3 N–H and O–H groups in total. The molecule has 0 aromatic heterocycles. The van der Waals surface area contributed by atoms with Crippen molar-refractivity contribution in [2.24, 2.45) is 5.73 Å². The highest BCUT2D eigenvalue weighted by molar-refractivity contribution is 5.83. The molecule has 0 aliphatic heterocycles.